The molecule has 1 rings (SSSR count). The smallest absolute Gasteiger partial charge is 0.384 e. The van der Waals surface area contributed by atoms with Gasteiger partial charge in [-0.3, -0.25) is 5.41 Å². The number of alkyl halides is 3. The first-order valence-electron chi connectivity index (χ1n) is 4.62. The fraction of sp³-hybridized carbons (Fsp3) is 0.300. The van der Waals surface area contributed by atoms with Crippen LogP contribution in [0.5, 0.6) is 0 Å². The lowest BCUT2D eigenvalue weighted by atomic mass is 10.1. The minimum atomic E-state index is -4.30. The molecule has 0 amide bonds. The van der Waals surface area contributed by atoms with Gasteiger partial charge in [-0.2, -0.15) is 13.2 Å². The van der Waals surface area contributed by atoms with Crippen LogP contribution in [0.3, 0.4) is 0 Å². The van der Waals surface area contributed by atoms with Crippen molar-refractivity contribution < 1.29 is 13.2 Å². The number of nitrogens with two attached hydrogens (primary N) is 1. The molecule has 0 saturated carbocycles. The number of anilines is 1. The quantitative estimate of drug-likeness (QED) is 0.666. The van der Waals surface area contributed by atoms with Gasteiger partial charge in [0.05, 0.1) is 0 Å². The van der Waals surface area contributed by atoms with E-state index in [2.05, 4.69) is 15.9 Å². The van der Waals surface area contributed by atoms with Crippen molar-refractivity contribution in [3.8, 4) is 0 Å². The summed E-state index contributed by atoms with van der Waals surface area (Å²) >= 11 is 3.17. The zero-order chi connectivity index (χ0) is 13.2. The predicted molar refractivity (Wildman–Crippen MR) is 64.5 cm³/mol. The molecule has 3 N–H and O–H groups in total. The lowest BCUT2D eigenvalue weighted by Gasteiger charge is -2.23. The highest BCUT2D eigenvalue weighted by molar-refractivity contribution is 9.10. The van der Waals surface area contributed by atoms with Crippen LogP contribution in [0.1, 0.15) is 5.56 Å². The molecule has 0 saturated heterocycles. The standard InChI is InChI=1S/C10H11BrF3N3/c1-17(5-10(12,13)14)8-4-6(11)2-3-7(8)9(15)16/h2-4H,5H2,1H3,(H3,15,16). The molecule has 0 radical (unpaired) electrons. The van der Waals surface area contributed by atoms with Crippen molar-refractivity contribution >= 4 is 27.5 Å². The van der Waals surface area contributed by atoms with E-state index in [9.17, 15) is 13.2 Å². The molecule has 1 aromatic rings. The van der Waals surface area contributed by atoms with E-state index in [1.807, 2.05) is 0 Å². The van der Waals surface area contributed by atoms with Crippen LogP contribution < -0.4 is 10.6 Å². The van der Waals surface area contributed by atoms with Crippen LogP contribution in [-0.4, -0.2) is 25.6 Å². The third-order valence-corrected chi connectivity index (χ3v) is 2.57. The highest BCUT2D eigenvalue weighted by Crippen LogP contribution is 2.27. The summed E-state index contributed by atoms with van der Waals surface area (Å²) in [5, 5.41) is 7.33. The van der Waals surface area contributed by atoms with Crippen molar-refractivity contribution in [1.29, 1.82) is 5.41 Å². The Morgan fingerprint density at radius 3 is 2.53 bits per heavy atom. The number of benzene rings is 1. The van der Waals surface area contributed by atoms with Gasteiger partial charge in [0, 0.05) is 22.8 Å². The van der Waals surface area contributed by atoms with Crippen LogP contribution in [0.4, 0.5) is 18.9 Å². The summed E-state index contributed by atoms with van der Waals surface area (Å²) in [5.41, 5.74) is 5.87. The van der Waals surface area contributed by atoms with Crippen LogP contribution in [0.2, 0.25) is 0 Å². The van der Waals surface area contributed by atoms with Crippen molar-refractivity contribution in [3.05, 3.63) is 28.2 Å². The second-order valence-electron chi connectivity index (χ2n) is 3.55. The maximum atomic E-state index is 12.3. The summed E-state index contributed by atoms with van der Waals surface area (Å²) < 4.78 is 37.5. The molecule has 0 unspecified atom stereocenters. The Hall–Kier alpha value is -1.24. The minimum Gasteiger partial charge on any atom is -0.384 e. The van der Waals surface area contributed by atoms with Crippen molar-refractivity contribution in [2.45, 2.75) is 6.18 Å². The van der Waals surface area contributed by atoms with Crippen molar-refractivity contribution in [1.82, 2.24) is 0 Å². The molecule has 0 aliphatic carbocycles. The van der Waals surface area contributed by atoms with Crippen LogP contribution in [-0.2, 0) is 0 Å². The zero-order valence-electron chi connectivity index (χ0n) is 8.98. The molecule has 0 heterocycles. The van der Waals surface area contributed by atoms with Crippen LogP contribution in [0.15, 0.2) is 22.7 Å². The molecule has 7 heteroatoms. The average Bonchev–Trinajstić information content (AvgIpc) is 2.14. The predicted octanol–water partition coefficient (Wildman–Crippen LogP) is 2.73. The molecular formula is C10H11BrF3N3. The summed E-state index contributed by atoms with van der Waals surface area (Å²) in [6, 6.07) is 4.64. The first kappa shape index (κ1) is 13.8. The van der Waals surface area contributed by atoms with E-state index in [-0.39, 0.29) is 17.1 Å². The van der Waals surface area contributed by atoms with Gasteiger partial charge < -0.3 is 10.6 Å². The van der Waals surface area contributed by atoms with E-state index in [1.54, 1.807) is 6.07 Å². The van der Waals surface area contributed by atoms with Gasteiger partial charge in [-0.1, -0.05) is 15.9 Å². The number of nitrogen functional groups attached to an aromatic ring is 1. The minimum absolute atomic E-state index is 0.262. The van der Waals surface area contributed by atoms with Crippen LogP contribution in [0.25, 0.3) is 0 Å². The summed E-state index contributed by atoms with van der Waals surface area (Å²) in [5.74, 6) is -0.262. The Morgan fingerprint density at radius 2 is 2.06 bits per heavy atom. The molecule has 94 valence electrons. The molecular weight excluding hydrogens is 299 g/mol. The Morgan fingerprint density at radius 1 is 1.47 bits per heavy atom. The Bertz CT molecular complexity index is 431. The van der Waals surface area contributed by atoms with Crippen molar-refractivity contribution in [2.24, 2.45) is 5.73 Å². The number of rotatable bonds is 3. The van der Waals surface area contributed by atoms with E-state index in [4.69, 9.17) is 11.1 Å². The lowest BCUT2D eigenvalue weighted by Crippen LogP contribution is -2.32. The summed E-state index contributed by atoms with van der Waals surface area (Å²) in [4.78, 5) is 1.02. The van der Waals surface area contributed by atoms with Gasteiger partial charge in [-0.05, 0) is 18.2 Å². The second kappa shape index (κ2) is 4.95. The van der Waals surface area contributed by atoms with E-state index in [0.29, 0.717) is 4.47 Å². The third kappa shape index (κ3) is 3.92. The fourth-order valence-electron chi connectivity index (χ4n) is 1.40. The fourth-order valence-corrected chi connectivity index (χ4v) is 1.75. The third-order valence-electron chi connectivity index (χ3n) is 2.08. The van der Waals surface area contributed by atoms with Gasteiger partial charge in [0.1, 0.15) is 12.4 Å². The number of nitrogens with zero attached hydrogens (tertiary/aromatic N) is 1. The van der Waals surface area contributed by atoms with Gasteiger partial charge in [0.15, 0.2) is 0 Å². The van der Waals surface area contributed by atoms with E-state index < -0.39 is 12.7 Å². The number of halogens is 4. The van der Waals surface area contributed by atoms with Crippen LogP contribution in [0, 0.1) is 5.41 Å². The molecule has 0 atom stereocenters. The van der Waals surface area contributed by atoms with E-state index in [0.717, 1.165) is 4.90 Å². The molecule has 0 aliphatic heterocycles. The molecule has 3 nitrogen and oxygen atoms in total. The number of hydrogen-bond acceptors (Lipinski definition) is 2. The largest absolute Gasteiger partial charge is 0.405 e. The Kier molecular flexibility index (Phi) is 4.03. The van der Waals surface area contributed by atoms with Gasteiger partial charge in [0.2, 0.25) is 0 Å². The topological polar surface area (TPSA) is 53.1 Å². The Balaban J connectivity index is 3.10. The first-order chi connectivity index (χ1) is 7.70. The van der Waals surface area contributed by atoms with E-state index in [1.165, 1.54) is 19.2 Å². The maximum absolute atomic E-state index is 12.3. The van der Waals surface area contributed by atoms with E-state index >= 15 is 0 Å². The number of hydrogen-bond donors (Lipinski definition) is 2. The molecule has 17 heavy (non-hydrogen) atoms. The highest BCUT2D eigenvalue weighted by atomic mass is 79.9. The van der Waals surface area contributed by atoms with Crippen molar-refractivity contribution in [3.63, 3.8) is 0 Å². The summed E-state index contributed by atoms with van der Waals surface area (Å²) in [7, 11) is 1.31. The molecule has 0 bridgehead atoms. The normalized spacial score (nSPS) is 11.4. The molecule has 1 aromatic carbocycles. The molecule has 0 aromatic heterocycles. The van der Waals surface area contributed by atoms with Gasteiger partial charge in [0.25, 0.3) is 0 Å². The SMILES string of the molecule is CN(CC(F)(F)F)c1cc(Br)ccc1C(=N)N. The monoisotopic (exact) mass is 309 g/mol. The average molecular weight is 310 g/mol. The molecule has 0 aliphatic rings. The first-order valence-corrected chi connectivity index (χ1v) is 5.42. The van der Waals surface area contributed by atoms with Gasteiger partial charge in [-0.15, -0.1) is 0 Å². The number of amidine groups is 1. The van der Waals surface area contributed by atoms with Crippen LogP contribution >= 0.6 is 15.9 Å². The molecule has 0 spiro atoms. The van der Waals surface area contributed by atoms with Gasteiger partial charge >= 0.3 is 6.18 Å². The Labute approximate surface area is 105 Å². The summed E-state index contributed by atoms with van der Waals surface area (Å²) in [6.45, 7) is -1.09. The zero-order valence-corrected chi connectivity index (χ0v) is 10.6. The van der Waals surface area contributed by atoms with Gasteiger partial charge in [-0.25, -0.2) is 0 Å². The highest BCUT2D eigenvalue weighted by Gasteiger charge is 2.30. The number of nitrogens with one attached hydrogen (secondary N) is 1. The summed E-state index contributed by atoms with van der Waals surface area (Å²) in [6.07, 6.45) is -4.30. The second-order valence-corrected chi connectivity index (χ2v) is 4.46. The van der Waals surface area contributed by atoms with Crippen molar-refractivity contribution in [2.75, 3.05) is 18.5 Å². The molecule has 0 fully saturated rings. The maximum Gasteiger partial charge on any atom is 0.405 e. The lowest BCUT2D eigenvalue weighted by molar-refractivity contribution is -0.119.